The van der Waals surface area contributed by atoms with E-state index in [-0.39, 0.29) is 18.1 Å². The van der Waals surface area contributed by atoms with Crippen molar-refractivity contribution in [3.63, 3.8) is 0 Å². The topological polar surface area (TPSA) is 48.0 Å². The fraction of sp³-hybridized carbons (Fsp3) is 0.588. The van der Waals surface area contributed by atoms with Gasteiger partial charge in [0.25, 0.3) is 5.91 Å². The maximum absolute atomic E-state index is 13.1. The number of carbonyl (C=O) groups is 1. The third kappa shape index (κ3) is 3.28. The molecule has 2 aliphatic rings. The number of carbonyl (C=O) groups excluding carboxylic acids is 1. The van der Waals surface area contributed by atoms with Gasteiger partial charge in [-0.1, -0.05) is 12.8 Å². The smallest absolute Gasteiger partial charge is 0.255 e. The molecule has 0 radical (unpaired) electrons. The Morgan fingerprint density at radius 3 is 2.65 bits per heavy atom. The molecule has 0 spiro atoms. The van der Waals surface area contributed by atoms with Gasteiger partial charge in [0.1, 0.15) is 0 Å². The Balaban J connectivity index is 1.90. The number of fused-ring (bicyclic) bond motifs is 1. The van der Waals surface area contributed by atoms with E-state index in [2.05, 4.69) is 22.6 Å². The van der Waals surface area contributed by atoms with Crippen molar-refractivity contribution in [2.75, 3.05) is 27.4 Å². The molecule has 23 heavy (non-hydrogen) atoms. The fourth-order valence-electron chi connectivity index (χ4n) is 3.52. The summed E-state index contributed by atoms with van der Waals surface area (Å²) in [6, 6.07) is 3.84. The number of benzene rings is 1. The maximum Gasteiger partial charge on any atom is 0.255 e. The summed E-state index contributed by atoms with van der Waals surface area (Å²) >= 11 is 2.19. The van der Waals surface area contributed by atoms with Gasteiger partial charge in [-0.25, -0.2) is 0 Å². The minimum absolute atomic E-state index is 0.0653. The van der Waals surface area contributed by atoms with E-state index in [9.17, 15) is 4.79 Å². The summed E-state index contributed by atoms with van der Waals surface area (Å²) in [6.45, 7) is 1.28. The monoisotopic (exact) mass is 431 g/mol. The predicted octanol–water partition coefficient (Wildman–Crippen LogP) is 3.09. The largest absolute Gasteiger partial charge is 0.493 e. The Morgan fingerprint density at radius 1 is 1.22 bits per heavy atom. The van der Waals surface area contributed by atoms with E-state index in [1.54, 1.807) is 20.3 Å². The summed E-state index contributed by atoms with van der Waals surface area (Å²) in [6.07, 6.45) is 4.63. The van der Waals surface area contributed by atoms with Gasteiger partial charge in [-0.15, -0.1) is 0 Å². The van der Waals surface area contributed by atoms with Crippen LogP contribution in [0.2, 0.25) is 0 Å². The second kappa shape index (κ2) is 7.25. The average molecular weight is 431 g/mol. The molecule has 1 aromatic rings. The first-order chi connectivity index (χ1) is 11.2. The minimum atomic E-state index is 0.0653. The number of ether oxygens (including phenoxy) is 3. The van der Waals surface area contributed by atoms with Crippen molar-refractivity contribution < 1.29 is 19.0 Å². The van der Waals surface area contributed by atoms with E-state index in [1.807, 2.05) is 11.0 Å². The van der Waals surface area contributed by atoms with Crippen LogP contribution >= 0.6 is 22.6 Å². The van der Waals surface area contributed by atoms with Gasteiger partial charge in [-0.05, 0) is 47.6 Å². The van der Waals surface area contributed by atoms with Crippen molar-refractivity contribution in [3.05, 3.63) is 21.3 Å². The zero-order chi connectivity index (χ0) is 16.4. The van der Waals surface area contributed by atoms with Gasteiger partial charge in [-0.2, -0.15) is 0 Å². The molecule has 0 N–H and O–H groups in total. The first kappa shape index (κ1) is 16.8. The zero-order valence-corrected chi connectivity index (χ0v) is 15.7. The van der Waals surface area contributed by atoms with Crippen LogP contribution in [-0.4, -0.2) is 50.3 Å². The van der Waals surface area contributed by atoms with Crippen LogP contribution in [0, 0.1) is 3.57 Å². The quantitative estimate of drug-likeness (QED) is 0.691. The van der Waals surface area contributed by atoms with Crippen LogP contribution in [0.3, 0.4) is 0 Å². The standard InChI is InChI=1S/C17H22INO4/c1-21-15-9-11(12(18)10-16(15)22-2)17(20)19-7-8-23-14-6-4-3-5-13(14)19/h9-10,13-14H,3-8H2,1-2H3. The highest BCUT2D eigenvalue weighted by Crippen LogP contribution is 2.34. The second-order valence-electron chi connectivity index (χ2n) is 5.95. The van der Waals surface area contributed by atoms with Gasteiger partial charge >= 0.3 is 0 Å². The number of morpholine rings is 1. The average Bonchev–Trinajstić information content (AvgIpc) is 2.60. The summed E-state index contributed by atoms with van der Waals surface area (Å²) in [4.78, 5) is 15.1. The molecule has 0 aromatic heterocycles. The SMILES string of the molecule is COc1cc(I)c(C(=O)N2CCOC3CCCCC32)cc1OC. The molecule has 2 unspecified atom stereocenters. The molecule has 3 rings (SSSR count). The second-order valence-corrected chi connectivity index (χ2v) is 7.11. The van der Waals surface area contributed by atoms with Gasteiger partial charge in [0.15, 0.2) is 11.5 Å². The summed E-state index contributed by atoms with van der Waals surface area (Å²) in [5, 5.41) is 0. The molecule has 1 saturated carbocycles. The lowest BCUT2D eigenvalue weighted by atomic mass is 9.89. The Hall–Kier alpha value is -1.02. The van der Waals surface area contributed by atoms with Crippen LogP contribution < -0.4 is 9.47 Å². The Morgan fingerprint density at radius 2 is 1.91 bits per heavy atom. The number of nitrogens with zero attached hydrogens (tertiary/aromatic N) is 1. The van der Waals surface area contributed by atoms with Gasteiger partial charge in [-0.3, -0.25) is 4.79 Å². The summed E-state index contributed by atoms with van der Waals surface area (Å²) in [7, 11) is 3.19. The molecule has 2 fully saturated rings. The number of hydrogen-bond acceptors (Lipinski definition) is 4. The van der Waals surface area contributed by atoms with E-state index in [4.69, 9.17) is 14.2 Å². The highest BCUT2D eigenvalue weighted by molar-refractivity contribution is 14.1. The Kier molecular flexibility index (Phi) is 5.31. The number of amides is 1. The van der Waals surface area contributed by atoms with Crippen LogP contribution in [0.15, 0.2) is 12.1 Å². The van der Waals surface area contributed by atoms with Gasteiger partial charge in [0, 0.05) is 10.1 Å². The number of methoxy groups -OCH3 is 2. The Labute approximate surface area is 150 Å². The van der Waals surface area contributed by atoms with Crippen molar-refractivity contribution in [3.8, 4) is 11.5 Å². The summed E-state index contributed by atoms with van der Waals surface area (Å²) in [5.74, 6) is 1.30. The van der Waals surface area contributed by atoms with E-state index in [0.717, 1.165) is 22.8 Å². The lowest BCUT2D eigenvalue weighted by Gasteiger charge is -2.43. The van der Waals surface area contributed by atoms with Crippen molar-refractivity contribution in [1.82, 2.24) is 4.90 Å². The Bertz CT molecular complexity index is 590. The molecule has 5 nitrogen and oxygen atoms in total. The minimum Gasteiger partial charge on any atom is -0.493 e. The molecule has 1 aliphatic heterocycles. The molecule has 1 aromatic carbocycles. The van der Waals surface area contributed by atoms with Crippen LogP contribution in [0.4, 0.5) is 0 Å². The molecule has 1 amide bonds. The molecule has 1 heterocycles. The van der Waals surface area contributed by atoms with Crippen molar-refractivity contribution in [2.45, 2.75) is 37.8 Å². The third-order valence-corrected chi connectivity index (χ3v) is 5.59. The van der Waals surface area contributed by atoms with Crippen molar-refractivity contribution >= 4 is 28.5 Å². The lowest BCUT2D eigenvalue weighted by molar-refractivity contribution is -0.0753. The normalized spacial score (nSPS) is 24.0. The maximum atomic E-state index is 13.1. The summed E-state index contributed by atoms with van der Waals surface area (Å²) < 4.78 is 17.4. The van der Waals surface area contributed by atoms with Crippen molar-refractivity contribution in [1.29, 1.82) is 0 Å². The highest BCUT2D eigenvalue weighted by Gasteiger charge is 2.37. The number of hydrogen-bond donors (Lipinski definition) is 0. The van der Waals surface area contributed by atoms with E-state index < -0.39 is 0 Å². The third-order valence-electron chi connectivity index (χ3n) is 4.70. The zero-order valence-electron chi connectivity index (χ0n) is 13.5. The molecule has 1 aliphatic carbocycles. The number of halogens is 1. The fourth-order valence-corrected chi connectivity index (χ4v) is 4.19. The lowest BCUT2D eigenvalue weighted by Crippen LogP contribution is -2.54. The van der Waals surface area contributed by atoms with E-state index >= 15 is 0 Å². The van der Waals surface area contributed by atoms with Crippen LogP contribution in [0.25, 0.3) is 0 Å². The molecular weight excluding hydrogens is 409 g/mol. The predicted molar refractivity (Wildman–Crippen MR) is 95.3 cm³/mol. The summed E-state index contributed by atoms with van der Waals surface area (Å²) in [5.41, 5.74) is 0.675. The van der Waals surface area contributed by atoms with Crippen LogP contribution in [-0.2, 0) is 4.74 Å². The van der Waals surface area contributed by atoms with E-state index in [0.29, 0.717) is 30.2 Å². The highest BCUT2D eigenvalue weighted by atomic mass is 127. The molecular formula is C17H22INO4. The molecule has 126 valence electrons. The molecule has 1 saturated heterocycles. The van der Waals surface area contributed by atoms with Crippen molar-refractivity contribution in [2.24, 2.45) is 0 Å². The first-order valence-electron chi connectivity index (χ1n) is 7.99. The number of rotatable bonds is 3. The molecule has 2 atom stereocenters. The van der Waals surface area contributed by atoms with Crippen LogP contribution in [0.1, 0.15) is 36.0 Å². The van der Waals surface area contributed by atoms with E-state index in [1.165, 1.54) is 6.42 Å². The van der Waals surface area contributed by atoms with Gasteiger partial charge in [0.05, 0.1) is 38.5 Å². The van der Waals surface area contributed by atoms with Crippen LogP contribution in [0.5, 0.6) is 11.5 Å². The first-order valence-corrected chi connectivity index (χ1v) is 9.07. The molecule has 6 heteroatoms. The molecule has 0 bridgehead atoms. The van der Waals surface area contributed by atoms with Gasteiger partial charge in [0.2, 0.25) is 0 Å². The van der Waals surface area contributed by atoms with Gasteiger partial charge < -0.3 is 19.1 Å².